The third-order valence-corrected chi connectivity index (χ3v) is 5.60. The van der Waals surface area contributed by atoms with Crippen molar-refractivity contribution < 1.29 is 8.91 Å². The number of benzene rings is 3. The maximum Gasteiger partial charge on any atom is 0.188 e. The van der Waals surface area contributed by atoms with Gasteiger partial charge in [-0.2, -0.15) is 0 Å². The average Bonchev–Trinajstić information content (AvgIpc) is 3.32. The minimum Gasteiger partial charge on any atom is -0.359 e. The molecule has 1 aromatic heterocycles. The number of nitrogens with one attached hydrogen (secondary N) is 3. The second-order valence-corrected chi connectivity index (χ2v) is 7.94. The van der Waals surface area contributed by atoms with Crippen molar-refractivity contribution in [2.75, 3.05) is 6.54 Å². The number of guanidine groups is 1. The Labute approximate surface area is 193 Å². The highest BCUT2D eigenvalue weighted by Crippen LogP contribution is 2.29. The van der Waals surface area contributed by atoms with Crippen LogP contribution in [0, 0.1) is 11.2 Å². The van der Waals surface area contributed by atoms with Crippen LogP contribution in [0.15, 0.2) is 89.5 Å². The maximum atomic E-state index is 14.8. The summed E-state index contributed by atoms with van der Waals surface area (Å²) < 4.78 is 20.2. The molecular formula is C27H27FN4O. The molecule has 4 aromatic rings. The zero-order chi connectivity index (χ0) is 23.0. The van der Waals surface area contributed by atoms with Gasteiger partial charge in [-0.1, -0.05) is 84.9 Å². The molecule has 0 spiro atoms. The van der Waals surface area contributed by atoms with Crippen molar-refractivity contribution in [1.82, 2.24) is 15.8 Å². The van der Waals surface area contributed by atoms with Crippen LogP contribution in [0.3, 0.4) is 0 Å². The molecule has 168 valence electrons. The quantitative estimate of drug-likeness (QED) is 0.249. The highest BCUT2D eigenvalue weighted by molar-refractivity contribution is 5.76. The number of nitrogens with zero attached hydrogens (tertiary/aromatic N) is 1. The van der Waals surface area contributed by atoms with Crippen molar-refractivity contribution in [3.63, 3.8) is 0 Å². The predicted molar refractivity (Wildman–Crippen MR) is 129 cm³/mol. The summed E-state index contributed by atoms with van der Waals surface area (Å²) in [4.78, 5) is 0. The number of rotatable bonds is 8. The molecule has 1 unspecified atom stereocenters. The molecule has 0 amide bonds. The van der Waals surface area contributed by atoms with E-state index in [1.54, 1.807) is 6.07 Å². The van der Waals surface area contributed by atoms with E-state index < -0.39 is 0 Å². The fourth-order valence-electron chi connectivity index (χ4n) is 3.65. The number of aromatic nitrogens is 1. The molecule has 0 aliphatic heterocycles. The first-order chi connectivity index (χ1) is 16.1. The minimum atomic E-state index is -0.258. The first kappa shape index (κ1) is 22.3. The van der Waals surface area contributed by atoms with E-state index in [2.05, 4.69) is 27.9 Å². The normalized spacial score (nSPS) is 11.7. The summed E-state index contributed by atoms with van der Waals surface area (Å²) in [5.74, 6) is 0.472. The van der Waals surface area contributed by atoms with Crippen molar-refractivity contribution in [1.29, 1.82) is 5.41 Å². The highest BCUT2D eigenvalue weighted by Gasteiger charge is 2.16. The summed E-state index contributed by atoms with van der Waals surface area (Å²) in [6.07, 6.45) is 0.842. The van der Waals surface area contributed by atoms with E-state index in [0.717, 1.165) is 23.2 Å². The van der Waals surface area contributed by atoms with Crippen LogP contribution in [0.4, 0.5) is 4.39 Å². The van der Waals surface area contributed by atoms with Gasteiger partial charge in [0.2, 0.25) is 0 Å². The van der Waals surface area contributed by atoms with Crippen molar-refractivity contribution >= 4 is 5.96 Å². The Balaban J connectivity index is 1.30. The molecule has 0 fully saturated rings. The first-order valence-corrected chi connectivity index (χ1v) is 11.0. The summed E-state index contributed by atoms with van der Waals surface area (Å²) in [5.41, 5.74) is 4.20. The molecule has 3 aromatic carbocycles. The van der Waals surface area contributed by atoms with E-state index in [-0.39, 0.29) is 17.7 Å². The van der Waals surface area contributed by atoms with Crippen molar-refractivity contribution in [3.8, 4) is 11.1 Å². The molecule has 1 atom stereocenters. The zero-order valence-electron chi connectivity index (χ0n) is 18.5. The molecule has 0 saturated heterocycles. The third-order valence-electron chi connectivity index (χ3n) is 5.60. The second-order valence-electron chi connectivity index (χ2n) is 7.94. The SMILES string of the molecule is CC(c1ccc(-c2ccccc2)c(F)c1)c1cc(CNC(=N)NCCc2ccccc2)on1. The fourth-order valence-corrected chi connectivity index (χ4v) is 3.65. The Hall–Kier alpha value is -3.93. The molecule has 6 heteroatoms. The maximum absolute atomic E-state index is 14.8. The lowest BCUT2D eigenvalue weighted by Crippen LogP contribution is -2.36. The van der Waals surface area contributed by atoms with Gasteiger partial charge in [-0.3, -0.25) is 5.41 Å². The van der Waals surface area contributed by atoms with E-state index in [0.29, 0.717) is 24.4 Å². The second kappa shape index (κ2) is 10.6. The van der Waals surface area contributed by atoms with Crippen molar-refractivity contribution in [2.45, 2.75) is 25.8 Å². The Morgan fingerprint density at radius 3 is 2.42 bits per heavy atom. The average molecular weight is 443 g/mol. The van der Waals surface area contributed by atoms with Crippen LogP contribution in [0.2, 0.25) is 0 Å². The third kappa shape index (κ3) is 5.86. The zero-order valence-corrected chi connectivity index (χ0v) is 18.5. The number of halogens is 1. The standard InChI is InChI=1S/C27H27FN4O/c1-19(22-12-13-24(25(28)16-22)21-10-6-3-7-11-21)26-17-23(33-32-26)18-31-27(29)30-15-14-20-8-4-2-5-9-20/h2-13,16-17,19H,14-15,18H2,1H3,(H3,29,30,31). The van der Waals surface area contributed by atoms with Gasteiger partial charge in [0.15, 0.2) is 11.7 Å². The largest absolute Gasteiger partial charge is 0.359 e. The summed E-state index contributed by atoms with van der Waals surface area (Å²) in [6.45, 7) is 2.98. The minimum absolute atomic E-state index is 0.120. The van der Waals surface area contributed by atoms with Gasteiger partial charge in [-0.25, -0.2) is 4.39 Å². The molecule has 33 heavy (non-hydrogen) atoms. The molecule has 0 radical (unpaired) electrons. The predicted octanol–water partition coefficient (Wildman–Crippen LogP) is 5.49. The smallest absolute Gasteiger partial charge is 0.188 e. The van der Waals surface area contributed by atoms with Gasteiger partial charge in [-0.15, -0.1) is 0 Å². The lowest BCUT2D eigenvalue weighted by atomic mass is 9.94. The van der Waals surface area contributed by atoms with Crippen molar-refractivity contribution in [2.24, 2.45) is 0 Å². The summed E-state index contributed by atoms with van der Waals surface area (Å²) in [5, 5.41) is 18.2. The molecule has 5 nitrogen and oxygen atoms in total. The Morgan fingerprint density at radius 1 is 0.970 bits per heavy atom. The van der Waals surface area contributed by atoms with Crippen LogP contribution in [-0.2, 0) is 13.0 Å². The molecule has 1 heterocycles. The summed E-state index contributed by atoms with van der Waals surface area (Å²) in [6, 6.07) is 26.8. The summed E-state index contributed by atoms with van der Waals surface area (Å²) in [7, 11) is 0. The number of hydrogen-bond acceptors (Lipinski definition) is 3. The van der Waals surface area contributed by atoms with Crippen LogP contribution in [-0.4, -0.2) is 17.7 Å². The van der Waals surface area contributed by atoms with Gasteiger partial charge in [0.1, 0.15) is 5.82 Å². The van der Waals surface area contributed by atoms with Crippen molar-refractivity contribution in [3.05, 3.63) is 113 Å². The Bertz CT molecular complexity index is 1190. The van der Waals surface area contributed by atoms with E-state index in [9.17, 15) is 4.39 Å². The molecule has 4 rings (SSSR count). The van der Waals surface area contributed by atoms with E-state index >= 15 is 0 Å². The summed E-state index contributed by atoms with van der Waals surface area (Å²) >= 11 is 0. The van der Waals surface area contributed by atoms with E-state index in [1.165, 1.54) is 5.56 Å². The van der Waals surface area contributed by atoms with Gasteiger partial charge in [-0.05, 0) is 29.2 Å². The van der Waals surface area contributed by atoms with Gasteiger partial charge in [0.25, 0.3) is 0 Å². The Morgan fingerprint density at radius 2 is 1.70 bits per heavy atom. The van der Waals surface area contributed by atoms with Crippen LogP contribution in [0.25, 0.3) is 11.1 Å². The molecular weight excluding hydrogens is 415 g/mol. The monoisotopic (exact) mass is 442 g/mol. The molecule has 0 bridgehead atoms. The lowest BCUT2D eigenvalue weighted by molar-refractivity contribution is 0.372. The van der Waals surface area contributed by atoms with Crippen LogP contribution in [0.5, 0.6) is 0 Å². The van der Waals surface area contributed by atoms with Gasteiger partial charge >= 0.3 is 0 Å². The fraction of sp³-hybridized carbons (Fsp3) is 0.185. The van der Waals surface area contributed by atoms with Gasteiger partial charge < -0.3 is 15.2 Å². The topological polar surface area (TPSA) is 73.9 Å². The van der Waals surface area contributed by atoms with Crippen LogP contribution in [0.1, 0.15) is 35.4 Å². The molecule has 0 aliphatic carbocycles. The van der Waals surface area contributed by atoms with Crippen LogP contribution < -0.4 is 10.6 Å². The molecule has 0 aliphatic rings. The highest BCUT2D eigenvalue weighted by atomic mass is 19.1. The van der Waals surface area contributed by atoms with E-state index in [1.807, 2.05) is 73.7 Å². The first-order valence-electron chi connectivity index (χ1n) is 11.0. The van der Waals surface area contributed by atoms with Gasteiger partial charge in [0.05, 0.1) is 12.2 Å². The van der Waals surface area contributed by atoms with Crippen LogP contribution >= 0.6 is 0 Å². The Kier molecular flexibility index (Phi) is 7.15. The number of hydrogen-bond donors (Lipinski definition) is 3. The molecule has 3 N–H and O–H groups in total. The lowest BCUT2D eigenvalue weighted by Gasteiger charge is -2.11. The molecule has 0 saturated carbocycles. The van der Waals surface area contributed by atoms with E-state index in [4.69, 9.17) is 9.93 Å². The van der Waals surface area contributed by atoms with Gasteiger partial charge in [0, 0.05) is 24.1 Å².